The average Bonchev–Trinajstić information content (AvgIpc) is 2.74. The third-order valence-corrected chi connectivity index (χ3v) is 4.63. The van der Waals surface area contributed by atoms with Gasteiger partial charge >= 0.3 is 5.97 Å². The maximum absolute atomic E-state index is 12.2. The Bertz CT molecular complexity index is 701. The van der Waals surface area contributed by atoms with Crippen molar-refractivity contribution in [3.8, 4) is 0 Å². The SMILES string of the molecule is COCC(NC(=O)c1sc2cc(Cl)ccc2c1Cl)C(=O)O. The zero-order chi connectivity index (χ0) is 15.6. The number of fused-ring (bicyclic) bond motifs is 1. The second kappa shape index (κ2) is 6.62. The van der Waals surface area contributed by atoms with Crippen LogP contribution >= 0.6 is 34.5 Å². The van der Waals surface area contributed by atoms with Crippen LogP contribution < -0.4 is 5.32 Å². The molecule has 1 unspecified atom stereocenters. The first-order valence-corrected chi connectivity index (χ1v) is 7.41. The lowest BCUT2D eigenvalue weighted by molar-refractivity contribution is -0.140. The van der Waals surface area contributed by atoms with E-state index in [4.69, 9.17) is 33.0 Å². The van der Waals surface area contributed by atoms with Crippen LogP contribution in [-0.2, 0) is 9.53 Å². The fourth-order valence-electron chi connectivity index (χ4n) is 1.75. The monoisotopic (exact) mass is 347 g/mol. The zero-order valence-corrected chi connectivity index (χ0v) is 13.2. The molecule has 8 heteroatoms. The summed E-state index contributed by atoms with van der Waals surface area (Å²) in [5.74, 6) is -1.73. The molecule has 1 heterocycles. The van der Waals surface area contributed by atoms with E-state index in [0.29, 0.717) is 10.4 Å². The number of benzene rings is 1. The highest BCUT2D eigenvalue weighted by Gasteiger charge is 2.24. The Morgan fingerprint density at radius 2 is 2.14 bits per heavy atom. The number of hydrogen-bond acceptors (Lipinski definition) is 4. The summed E-state index contributed by atoms with van der Waals surface area (Å²) in [7, 11) is 1.36. The molecular formula is C13H11Cl2NO4S. The summed E-state index contributed by atoms with van der Waals surface area (Å²) in [4.78, 5) is 23.4. The molecule has 5 nitrogen and oxygen atoms in total. The average molecular weight is 348 g/mol. The molecule has 1 atom stereocenters. The van der Waals surface area contributed by atoms with E-state index in [1.54, 1.807) is 18.2 Å². The molecule has 2 N–H and O–H groups in total. The van der Waals surface area contributed by atoms with Gasteiger partial charge in [-0.05, 0) is 12.1 Å². The Kier molecular flexibility index (Phi) is 5.05. The Morgan fingerprint density at radius 3 is 2.76 bits per heavy atom. The lowest BCUT2D eigenvalue weighted by Crippen LogP contribution is -2.43. The van der Waals surface area contributed by atoms with Crippen LogP contribution in [0.25, 0.3) is 10.1 Å². The minimum absolute atomic E-state index is 0.130. The Labute approximate surface area is 134 Å². The number of carboxylic acid groups (broad SMARTS) is 1. The number of rotatable bonds is 5. The Balaban J connectivity index is 2.30. The predicted octanol–water partition coefficient (Wildman–Crippen LogP) is 3.04. The van der Waals surface area contributed by atoms with Crippen LogP contribution in [-0.4, -0.2) is 36.7 Å². The Hall–Kier alpha value is -1.34. The van der Waals surface area contributed by atoms with Crippen molar-refractivity contribution in [1.29, 1.82) is 0 Å². The molecule has 0 aliphatic rings. The first-order chi connectivity index (χ1) is 9.93. The smallest absolute Gasteiger partial charge is 0.328 e. The summed E-state index contributed by atoms with van der Waals surface area (Å²) >= 11 is 13.2. The third-order valence-electron chi connectivity index (χ3n) is 2.73. The van der Waals surface area contributed by atoms with E-state index in [0.717, 1.165) is 16.0 Å². The molecule has 0 fully saturated rings. The van der Waals surface area contributed by atoms with Crippen LogP contribution in [0.4, 0.5) is 0 Å². The molecule has 112 valence electrons. The third kappa shape index (κ3) is 3.47. The molecule has 21 heavy (non-hydrogen) atoms. The van der Waals surface area contributed by atoms with Gasteiger partial charge in [-0.3, -0.25) is 4.79 Å². The van der Waals surface area contributed by atoms with Gasteiger partial charge in [0.15, 0.2) is 6.04 Å². The highest BCUT2D eigenvalue weighted by molar-refractivity contribution is 7.21. The van der Waals surface area contributed by atoms with Crippen molar-refractivity contribution in [2.45, 2.75) is 6.04 Å². The first-order valence-electron chi connectivity index (χ1n) is 5.84. The largest absolute Gasteiger partial charge is 0.480 e. The predicted molar refractivity (Wildman–Crippen MR) is 82.6 cm³/mol. The maximum atomic E-state index is 12.2. The molecule has 0 saturated carbocycles. The molecule has 0 radical (unpaired) electrons. The first kappa shape index (κ1) is 16.0. The van der Waals surface area contributed by atoms with Crippen LogP contribution in [0.2, 0.25) is 10.0 Å². The van der Waals surface area contributed by atoms with Crippen molar-refractivity contribution in [2.75, 3.05) is 13.7 Å². The minimum atomic E-state index is -1.18. The standard InChI is InChI=1S/C13H11Cl2NO4S/c1-20-5-8(13(18)19)16-12(17)11-10(15)7-3-2-6(14)4-9(7)21-11/h2-4,8H,5H2,1H3,(H,16,17)(H,18,19). The van der Waals surface area contributed by atoms with Gasteiger partial charge in [0.1, 0.15) is 4.88 Å². The van der Waals surface area contributed by atoms with Crippen molar-refractivity contribution in [2.24, 2.45) is 0 Å². The van der Waals surface area contributed by atoms with Crippen LogP contribution in [0.5, 0.6) is 0 Å². The summed E-state index contributed by atoms with van der Waals surface area (Å²) < 4.78 is 5.52. The van der Waals surface area contributed by atoms with Gasteiger partial charge in [-0.15, -0.1) is 11.3 Å². The lowest BCUT2D eigenvalue weighted by Gasteiger charge is -2.12. The normalized spacial score (nSPS) is 12.3. The molecule has 0 aliphatic heterocycles. The number of aliphatic carboxylic acids is 1. The number of carboxylic acids is 1. The number of amides is 1. The van der Waals surface area contributed by atoms with Gasteiger partial charge in [-0.25, -0.2) is 4.79 Å². The van der Waals surface area contributed by atoms with Crippen molar-refractivity contribution >= 4 is 56.5 Å². The maximum Gasteiger partial charge on any atom is 0.328 e. The zero-order valence-electron chi connectivity index (χ0n) is 10.9. The summed E-state index contributed by atoms with van der Waals surface area (Å²) in [6.45, 7) is -0.130. The van der Waals surface area contributed by atoms with E-state index in [2.05, 4.69) is 5.32 Å². The molecule has 0 saturated heterocycles. The van der Waals surface area contributed by atoms with Gasteiger partial charge in [-0.2, -0.15) is 0 Å². The summed E-state index contributed by atoms with van der Waals surface area (Å²) in [5.41, 5.74) is 0. The number of thiophene rings is 1. The quantitative estimate of drug-likeness (QED) is 0.871. The van der Waals surface area contributed by atoms with Crippen molar-refractivity contribution in [1.82, 2.24) is 5.32 Å². The summed E-state index contributed by atoms with van der Waals surface area (Å²) in [6, 6.07) is 3.97. The molecule has 1 amide bonds. The van der Waals surface area contributed by atoms with E-state index >= 15 is 0 Å². The highest BCUT2D eigenvalue weighted by Crippen LogP contribution is 2.36. The number of halogens is 2. The van der Waals surface area contributed by atoms with Crippen LogP contribution in [0, 0.1) is 0 Å². The summed E-state index contributed by atoms with van der Waals surface area (Å²) in [6.07, 6.45) is 0. The lowest BCUT2D eigenvalue weighted by atomic mass is 10.2. The van der Waals surface area contributed by atoms with Gasteiger partial charge in [-0.1, -0.05) is 29.3 Å². The van der Waals surface area contributed by atoms with E-state index in [1.165, 1.54) is 7.11 Å². The van der Waals surface area contributed by atoms with E-state index in [9.17, 15) is 9.59 Å². The number of nitrogens with one attached hydrogen (secondary N) is 1. The molecular weight excluding hydrogens is 337 g/mol. The molecule has 1 aromatic heterocycles. The topological polar surface area (TPSA) is 75.6 Å². The number of hydrogen-bond donors (Lipinski definition) is 2. The fraction of sp³-hybridized carbons (Fsp3) is 0.231. The molecule has 2 rings (SSSR count). The van der Waals surface area contributed by atoms with Crippen molar-refractivity contribution in [3.63, 3.8) is 0 Å². The highest BCUT2D eigenvalue weighted by atomic mass is 35.5. The summed E-state index contributed by atoms with van der Waals surface area (Å²) in [5, 5.41) is 12.9. The minimum Gasteiger partial charge on any atom is -0.480 e. The van der Waals surface area contributed by atoms with E-state index < -0.39 is 17.9 Å². The van der Waals surface area contributed by atoms with Crippen molar-refractivity contribution in [3.05, 3.63) is 33.1 Å². The fourth-order valence-corrected chi connectivity index (χ4v) is 3.45. The molecule has 0 spiro atoms. The van der Waals surface area contributed by atoms with E-state index in [1.807, 2.05) is 0 Å². The van der Waals surface area contributed by atoms with Gasteiger partial charge < -0.3 is 15.2 Å². The number of ether oxygens (including phenoxy) is 1. The molecule has 1 aromatic carbocycles. The number of carbonyl (C=O) groups excluding carboxylic acids is 1. The van der Waals surface area contributed by atoms with Gasteiger partial charge in [0.05, 0.1) is 11.6 Å². The second-order valence-corrected chi connectivity index (χ2v) is 6.07. The number of methoxy groups -OCH3 is 1. The van der Waals surface area contributed by atoms with Crippen LogP contribution in [0.15, 0.2) is 18.2 Å². The molecule has 0 aliphatic carbocycles. The van der Waals surface area contributed by atoms with Gasteiger partial charge in [0.2, 0.25) is 0 Å². The second-order valence-electron chi connectivity index (χ2n) is 4.21. The Morgan fingerprint density at radius 1 is 1.43 bits per heavy atom. The molecule has 0 bridgehead atoms. The van der Waals surface area contributed by atoms with E-state index in [-0.39, 0.29) is 16.5 Å². The number of carbonyl (C=O) groups is 2. The van der Waals surface area contributed by atoms with Crippen LogP contribution in [0.1, 0.15) is 9.67 Å². The van der Waals surface area contributed by atoms with Gasteiger partial charge in [0.25, 0.3) is 5.91 Å². The van der Waals surface area contributed by atoms with Crippen LogP contribution in [0.3, 0.4) is 0 Å². The molecule has 2 aromatic rings. The van der Waals surface area contributed by atoms with Gasteiger partial charge in [0, 0.05) is 22.2 Å². The van der Waals surface area contributed by atoms with Crippen molar-refractivity contribution < 1.29 is 19.4 Å².